The molecule has 9 nitrogen and oxygen atoms in total. The maximum atomic E-state index is 13.3. The number of carboxylic acid groups (broad SMARTS) is 2. The van der Waals surface area contributed by atoms with Crippen molar-refractivity contribution in [1.82, 2.24) is 5.32 Å². The van der Waals surface area contributed by atoms with Gasteiger partial charge in [-0.1, -0.05) is 22.0 Å². The third kappa shape index (κ3) is 3.04. The number of carbonyl (C=O) groups is 4. The highest BCUT2D eigenvalue weighted by Crippen LogP contribution is 2.47. The van der Waals surface area contributed by atoms with Crippen molar-refractivity contribution in [3.63, 3.8) is 0 Å². The number of hydrogen-bond donors (Lipinski definition) is 4. The van der Waals surface area contributed by atoms with Crippen molar-refractivity contribution in [2.45, 2.75) is 12.1 Å². The highest BCUT2D eigenvalue weighted by atomic mass is 79.9. The van der Waals surface area contributed by atoms with Crippen LogP contribution in [0.1, 0.15) is 22.0 Å². The van der Waals surface area contributed by atoms with Gasteiger partial charge in [-0.3, -0.25) is 19.7 Å². The van der Waals surface area contributed by atoms with E-state index in [0.29, 0.717) is 4.47 Å². The number of amides is 2. The second-order valence-electron chi connectivity index (χ2n) is 7.08. The molecule has 0 radical (unpaired) electrons. The predicted octanol–water partition coefficient (Wildman–Crippen LogP) is 1.76. The van der Waals surface area contributed by atoms with Crippen LogP contribution in [0, 0.1) is 11.8 Å². The lowest BCUT2D eigenvalue weighted by molar-refractivity contribution is -0.142. The third-order valence-electron chi connectivity index (χ3n) is 5.42. The number of nitrogens with one attached hydrogen (secondary N) is 1. The topological polar surface area (TPSA) is 144 Å². The van der Waals surface area contributed by atoms with E-state index in [-0.39, 0.29) is 22.6 Å². The molecule has 4 atom stereocenters. The molecule has 30 heavy (non-hydrogen) atoms. The molecule has 2 amide bonds. The zero-order valence-corrected chi connectivity index (χ0v) is 16.7. The molecule has 0 unspecified atom stereocenters. The average molecular weight is 475 g/mol. The predicted molar refractivity (Wildman–Crippen MR) is 106 cm³/mol. The zero-order valence-electron chi connectivity index (χ0n) is 15.2. The first-order chi connectivity index (χ1) is 14.2. The normalized spacial score (nSPS) is 25.4. The molecular formula is C20H15BrN2O7. The number of aliphatic carboxylic acids is 1. The molecule has 0 aromatic heterocycles. The van der Waals surface area contributed by atoms with Gasteiger partial charge in [-0.05, 0) is 36.4 Å². The van der Waals surface area contributed by atoms with Crippen molar-refractivity contribution in [2.75, 3.05) is 4.90 Å². The summed E-state index contributed by atoms with van der Waals surface area (Å²) in [5.74, 6) is -6.34. The number of anilines is 1. The van der Waals surface area contributed by atoms with Gasteiger partial charge in [0, 0.05) is 16.1 Å². The van der Waals surface area contributed by atoms with Crippen LogP contribution in [0.3, 0.4) is 0 Å². The number of benzene rings is 2. The SMILES string of the molecule is O=C(O)c1cccc(N2C(=O)[C@@H]3[C@H](C2=O)[C@H](C(=O)O)N[C@@H]3c2cc(Br)ccc2O)c1. The summed E-state index contributed by atoms with van der Waals surface area (Å²) in [5.41, 5.74) is 0.227. The quantitative estimate of drug-likeness (QED) is 0.490. The second kappa shape index (κ2) is 7.22. The Morgan fingerprint density at radius 2 is 1.70 bits per heavy atom. The Kier molecular flexibility index (Phi) is 4.83. The van der Waals surface area contributed by atoms with Crippen molar-refractivity contribution in [3.8, 4) is 5.75 Å². The van der Waals surface area contributed by atoms with E-state index in [1.807, 2.05) is 0 Å². The van der Waals surface area contributed by atoms with Gasteiger partial charge in [0.15, 0.2) is 0 Å². The molecule has 0 saturated carbocycles. The van der Waals surface area contributed by atoms with Gasteiger partial charge in [-0.25, -0.2) is 9.69 Å². The Morgan fingerprint density at radius 1 is 1.00 bits per heavy atom. The summed E-state index contributed by atoms with van der Waals surface area (Å²) in [5, 5.41) is 31.9. The molecule has 10 heteroatoms. The number of halogens is 1. The van der Waals surface area contributed by atoms with E-state index in [1.165, 1.54) is 30.3 Å². The summed E-state index contributed by atoms with van der Waals surface area (Å²) >= 11 is 3.28. The Hall–Kier alpha value is -3.24. The number of fused-ring (bicyclic) bond motifs is 1. The number of hydrogen-bond acceptors (Lipinski definition) is 6. The summed E-state index contributed by atoms with van der Waals surface area (Å²) < 4.78 is 0.607. The molecule has 154 valence electrons. The summed E-state index contributed by atoms with van der Waals surface area (Å²) in [6.07, 6.45) is 0. The lowest BCUT2D eigenvalue weighted by Gasteiger charge is -2.22. The van der Waals surface area contributed by atoms with Crippen molar-refractivity contribution >= 4 is 45.4 Å². The number of aromatic hydroxyl groups is 1. The van der Waals surface area contributed by atoms with Crippen LogP contribution in [0.25, 0.3) is 0 Å². The molecule has 4 N–H and O–H groups in total. The summed E-state index contributed by atoms with van der Waals surface area (Å²) in [6, 6.07) is 7.61. The highest BCUT2D eigenvalue weighted by molar-refractivity contribution is 9.10. The van der Waals surface area contributed by atoms with E-state index in [0.717, 1.165) is 4.90 Å². The van der Waals surface area contributed by atoms with Crippen LogP contribution in [-0.4, -0.2) is 45.1 Å². The number of phenols is 1. The number of imide groups is 1. The van der Waals surface area contributed by atoms with Gasteiger partial charge in [0.2, 0.25) is 11.8 Å². The first kappa shape index (κ1) is 20.0. The van der Waals surface area contributed by atoms with Gasteiger partial charge < -0.3 is 15.3 Å². The maximum Gasteiger partial charge on any atom is 0.335 e. The van der Waals surface area contributed by atoms with E-state index < -0.39 is 47.7 Å². The molecule has 0 bridgehead atoms. The molecule has 2 heterocycles. The lowest BCUT2D eigenvalue weighted by atomic mass is 9.86. The fourth-order valence-corrected chi connectivity index (χ4v) is 4.51. The average Bonchev–Trinajstić information content (AvgIpc) is 3.21. The number of carboxylic acids is 2. The van der Waals surface area contributed by atoms with E-state index in [9.17, 15) is 34.5 Å². The van der Waals surface area contributed by atoms with Gasteiger partial charge in [-0.2, -0.15) is 0 Å². The fourth-order valence-electron chi connectivity index (χ4n) is 4.13. The first-order valence-corrected chi connectivity index (χ1v) is 9.68. The highest BCUT2D eigenvalue weighted by Gasteiger charge is 2.61. The lowest BCUT2D eigenvalue weighted by Crippen LogP contribution is -2.43. The summed E-state index contributed by atoms with van der Waals surface area (Å²) in [7, 11) is 0. The van der Waals surface area contributed by atoms with Gasteiger partial charge in [0.25, 0.3) is 0 Å². The van der Waals surface area contributed by atoms with Crippen LogP contribution in [0.2, 0.25) is 0 Å². The fraction of sp³-hybridized carbons (Fsp3) is 0.200. The third-order valence-corrected chi connectivity index (χ3v) is 5.91. The molecule has 2 aromatic carbocycles. The molecule has 4 rings (SSSR count). The number of rotatable bonds is 4. The number of aromatic carboxylic acids is 1. The van der Waals surface area contributed by atoms with Gasteiger partial charge in [0.1, 0.15) is 11.8 Å². The van der Waals surface area contributed by atoms with Crippen LogP contribution in [-0.2, 0) is 14.4 Å². The Balaban J connectivity index is 1.80. The molecule has 2 fully saturated rings. The zero-order chi connectivity index (χ0) is 21.7. The van der Waals surface area contributed by atoms with Crippen LogP contribution < -0.4 is 10.2 Å². The minimum absolute atomic E-state index is 0.0562. The number of phenolic OH excluding ortho intramolecular Hbond substituents is 1. The van der Waals surface area contributed by atoms with E-state index in [4.69, 9.17) is 0 Å². The van der Waals surface area contributed by atoms with Crippen LogP contribution in [0.5, 0.6) is 5.75 Å². The Labute approximate surface area is 178 Å². The molecule has 2 aliphatic heterocycles. The van der Waals surface area contributed by atoms with Crippen LogP contribution in [0.15, 0.2) is 46.9 Å². The van der Waals surface area contributed by atoms with E-state index >= 15 is 0 Å². The first-order valence-electron chi connectivity index (χ1n) is 8.89. The molecule has 2 aromatic rings. The van der Waals surface area contributed by atoms with E-state index in [2.05, 4.69) is 21.2 Å². The summed E-state index contributed by atoms with van der Waals surface area (Å²) in [4.78, 5) is 50.3. The van der Waals surface area contributed by atoms with Gasteiger partial charge >= 0.3 is 11.9 Å². The van der Waals surface area contributed by atoms with Gasteiger partial charge in [-0.15, -0.1) is 0 Å². The molecule has 0 spiro atoms. The summed E-state index contributed by atoms with van der Waals surface area (Å²) in [6.45, 7) is 0. The molecule has 2 aliphatic rings. The number of nitrogens with zero attached hydrogens (tertiary/aromatic N) is 1. The molecule has 2 saturated heterocycles. The smallest absolute Gasteiger partial charge is 0.335 e. The monoisotopic (exact) mass is 474 g/mol. The van der Waals surface area contributed by atoms with Crippen LogP contribution >= 0.6 is 15.9 Å². The minimum atomic E-state index is -1.34. The number of carbonyl (C=O) groups excluding carboxylic acids is 2. The van der Waals surface area contributed by atoms with Gasteiger partial charge in [0.05, 0.1) is 23.1 Å². The van der Waals surface area contributed by atoms with Crippen molar-refractivity contribution in [2.24, 2.45) is 11.8 Å². The minimum Gasteiger partial charge on any atom is -0.508 e. The van der Waals surface area contributed by atoms with Crippen LogP contribution in [0.4, 0.5) is 5.69 Å². The maximum absolute atomic E-state index is 13.3. The van der Waals surface area contributed by atoms with Crippen molar-refractivity contribution < 1.29 is 34.5 Å². The molecular weight excluding hydrogens is 460 g/mol. The van der Waals surface area contributed by atoms with Crippen molar-refractivity contribution in [3.05, 3.63) is 58.1 Å². The van der Waals surface area contributed by atoms with E-state index in [1.54, 1.807) is 12.1 Å². The van der Waals surface area contributed by atoms with Crippen molar-refractivity contribution in [1.29, 1.82) is 0 Å². The Morgan fingerprint density at radius 3 is 2.37 bits per heavy atom. The Bertz CT molecular complexity index is 1100. The second-order valence-corrected chi connectivity index (χ2v) is 8.00. The standard InChI is InChI=1S/C20H15BrN2O7/c21-9-4-5-12(24)11(7-9)15-13-14(16(22-15)20(29)30)18(26)23(17(13)25)10-3-1-2-8(6-10)19(27)28/h1-7,13-16,22,24H,(H,27,28)(H,29,30)/t13-,14+,15-,16-/m1/s1. The molecule has 0 aliphatic carbocycles. The largest absolute Gasteiger partial charge is 0.508 e.